The molecular formula is C12H25N3O2S. The Bertz CT molecular complexity index is 370. The molecule has 0 radical (unpaired) electrons. The fourth-order valence-corrected chi connectivity index (χ4v) is 3.73. The van der Waals surface area contributed by atoms with Crippen molar-refractivity contribution in [1.82, 2.24) is 14.5 Å². The SMILES string of the molecule is CN(C)S(=O)(=O)CCNC1CCN2CCCC2C1. The molecule has 0 spiro atoms. The lowest BCUT2D eigenvalue weighted by atomic mass is 9.98. The molecule has 2 saturated heterocycles. The van der Waals surface area contributed by atoms with Crippen molar-refractivity contribution in [2.24, 2.45) is 0 Å². The minimum atomic E-state index is -3.06. The van der Waals surface area contributed by atoms with Gasteiger partial charge in [0.2, 0.25) is 10.0 Å². The summed E-state index contributed by atoms with van der Waals surface area (Å²) in [7, 11) is 0.123. The molecule has 0 amide bonds. The number of sulfonamides is 1. The highest BCUT2D eigenvalue weighted by Gasteiger charge is 2.31. The van der Waals surface area contributed by atoms with Gasteiger partial charge in [0.1, 0.15) is 0 Å². The third kappa shape index (κ3) is 3.44. The van der Waals surface area contributed by atoms with Crippen LogP contribution in [0.5, 0.6) is 0 Å². The van der Waals surface area contributed by atoms with Crippen LogP contribution in [0.15, 0.2) is 0 Å². The molecule has 2 atom stereocenters. The van der Waals surface area contributed by atoms with Crippen LogP contribution in [0.4, 0.5) is 0 Å². The molecule has 0 aromatic carbocycles. The molecule has 1 N–H and O–H groups in total. The van der Waals surface area contributed by atoms with E-state index in [-0.39, 0.29) is 5.75 Å². The van der Waals surface area contributed by atoms with Gasteiger partial charge in [0.25, 0.3) is 0 Å². The summed E-state index contributed by atoms with van der Waals surface area (Å²) < 4.78 is 24.6. The van der Waals surface area contributed by atoms with Gasteiger partial charge in [-0.05, 0) is 38.8 Å². The third-order valence-electron chi connectivity index (χ3n) is 4.17. The average Bonchev–Trinajstić information content (AvgIpc) is 2.75. The number of hydrogen-bond acceptors (Lipinski definition) is 4. The van der Waals surface area contributed by atoms with Gasteiger partial charge < -0.3 is 10.2 Å². The molecule has 5 nitrogen and oxygen atoms in total. The van der Waals surface area contributed by atoms with Crippen LogP contribution in [0, 0.1) is 0 Å². The van der Waals surface area contributed by atoms with E-state index in [2.05, 4.69) is 10.2 Å². The second-order valence-electron chi connectivity index (χ2n) is 5.61. The maximum Gasteiger partial charge on any atom is 0.214 e. The van der Waals surface area contributed by atoms with Crippen LogP contribution in [0.3, 0.4) is 0 Å². The number of nitrogens with one attached hydrogen (secondary N) is 1. The van der Waals surface area contributed by atoms with Crippen LogP contribution in [0.1, 0.15) is 25.7 Å². The van der Waals surface area contributed by atoms with Crippen molar-refractivity contribution in [1.29, 1.82) is 0 Å². The van der Waals surface area contributed by atoms with Crippen LogP contribution >= 0.6 is 0 Å². The number of hydrogen-bond donors (Lipinski definition) is 1. The van der Waals surface area contributed by atoms with Crippen LogP contribution in [0.25, 0.3) is 0 Å². The summed E-state index contributed by atoms with van der Waals surface area (Å²) in [5, 5.41) is 3.41. The smallest absolute Gasteiger partial charge is 0.214 e. The standard InChI is InChI=1S/C12H25N3O2S/c1-14(2)18(16,17)9-6-13-11-5-8-15-7-3-4-12(15)10-11/h11-13H,3-10H2,1-2H3. The van der Waals surface area contributed by atoms with E-state index in [1.807, 2.05) is 0 Å². The van der Waals surface area contributed by atoms with Crippen molar-refractivity contribution in [3.63, 3.8) is 0 Å². The molecule has 2 aliphatic heterocycles. The Morgan fingerprint density at radius 1 is 1.28 bits per heavy atom. The van der Waals surface area contributed by atoms with Crippen molar-refractivity contribution in [2.45, 2.75) is 37.8 Å². The highest BCUT2D eigenvalue weighted by atomic mass is 32.2. The minimum Gasteiger partial charge on any atom is -0.313 e. The Hall–Kier alpha value is -0.170. The Labute approximate surface area is 111 Å². The lowest BCUT2D eigenvalue weighted by molar-refractivity contribution is 0.168. The molecule has 2 fully saturated rings. The summed E-state index contributed by atoms with van der Waals surface area (Å²) in [4.78, 5) is 2.58. The van der Waals surface area contributed by atoms with Crippen molar-refractivity contribution in [3.8, 4) is 0 Å². The molecular weight excluding hydrogens is 250 g/mol. The summed E-state index contributed by atoms with van der Waals surface area (Å²) in [6, 6.07) is 1.24. The van der Waals surface area contributed by atoms with Crippen LogP contribution in [0.2, 0.25) is 0 Å². The van der Waals surface area contributed by atoms with Crippen molar-refractivity contribution >= 4 is 10.0 Å². The molecule has 0 aromatic heterocycles. The number of fused-ring (bicyclic) bond motifs is 1. The third-order valence-corrected chi connectivity index (χ3v) is 6.00. The lowest BCUT2D eigenvalue weighted by Gasteiger charge is -2.35. The normalized spacial score (nSPS) is 29.7. The monoisotopic (exact) mass is 275 g/mol. The summed E-state index contributed by atoms with van der Waals surface area (Å²) in [6.07, 6.45) is 4.97. The summed E-state index contributed by atoms with van der Waals surface area (Å²) in [5.74, 6) is 0.199. The first-order valence-electron chi connectivity index (χ1n) is 6.86. The molecule has 2 heterocycles. The van der Waals surface area contributed by atoms with Crippen molar-refractivity contribution in [3.05, 3.63) is 0 Å². The second-order valence-corrected chi connectivity index (χ2v) is 7.91. The highest BCUT2D eigenvalue weighted by Crippen LogP contribution is 2.26. The first-order valence-corrected chi connectivity index (χ1v) is 8.47. The lowest BCUT2D eigenvalue weighted by Crippen LogP contribution is -2.46. The Kier molecular flexibility index (Phi) is 4.64. The van der Waals surface area contributed by atoms with E-state index in [1.54, 1.807) is 14.1 Å². The van der Waals surface area contributed by atoms with Gasteiger partial charge in [-0.2, -0.15) is 0 Å². The van der Waals surface area contributed by atoms with Gasteiger partial charge in [-0.1, -0.05) is 0 Å². The van der Waals surface area contributed by atoms with Gasteiger partial charge in [-0.25, -0.2) is 12.7 Å². The average molecular weight is 275 g/mol. The molecule has 0 bridgehead atoms. The van der Waals surface area contributed by atoms with Crippen molar-refractivity contribution in [2.75, 3.05) is 39.5 Å². The largest absolute Gasteiger partial charge is 0.313 e. The topological polar surface area (TPSA) is 52.7 Å². The van der Waals surface area contributed by atoms with E-state index < -0.39 is 10.0 Å². The summed E-state index contributed by atoms with van der Waals surface area (Å²) in [5.41, 5.74) is 0. The maximum atomic E-state index is 11.6. The molecule has 0 saturated carbocycles. The van der Waals surface area contributed by atoms with Crippen molar-refractivity contribution < 1.29 is 8.42 Å². The van der Waals surface area contributed by atoms with Gasteiger partial charge in [0.15, 0.2) is 0 Å². The van der Waals surface area contributed by atoms with Crippen LogP contribution in [-0.4, -0.2) is 69.2 Å². The molecule has 2 aliphatic rings. The minimum absolute atomic E-state index is 0.199. The Morgan fingerprint density at radius 3 is 2.78 bits per heavy atom. The van der Waals surface area contributed by atoms with Gasteiger partial charge in [-0.15, -0.1) is 0 Å². The fourth-order valence-electron chi connectivity index (χ4n) is 2.98. The molecule has 0 aliphatic carbocycles. The predicted molar refractivity (Wildman–Crippen MR) is 73.1 cm³/mol. The predicted octanol–water partition coefficient (Wildman–Crippen LogP) is 0.0942. The van der Waals surface area contributed by atoms with Crippen LogP contribution in [-0.2, 0) is 10.0 Å². The van der Waals surface area contributed by atoms with Crippen LogP contribution < -0.4 is 5.32 Å². The Morgan fingerprint density at radius 2 is 2.06 bits per heavy atom. The first kappa shape index (κ1) is 14.2. The quantitative estimate of drug-likeness (QED) is 0.773. The highest BCUT2D eigenvalue weighted by molar-refractivity contribution is 7.89. The first-order chi connectivity index (χ1) is 8.49. The van der Waals surface area contributed by atoms with Gasteiger partial charge in [-0.3, -0.25) is 0 Å². The number of rotatable bonds is 5. The Balaban J connectivity index is 1.71. The van der Waals surface area contributed by atoms with E-state index in [1.165, 1.54) is 36.7 Å². The molecule has 106 valence electrons. The van der Waals surface area contributed by atoms with Gasteiger partial charge in [0, 0.05) is 32.7 Å². The molecule has 18 heavy (non-hydrogen) atoms. The van der Waals surface area contributed by atoms with E-state index in [0.717, 1.165) is 12.5 Å². The maximum absolute atomic E-state index is 11.6. The second kappa shape index (κ2) is 5.86. The molecule has 2 unspecified atom stereocenters. The van der Waals surface area contributed by atoms with Gasteiger partial charge in [0.05, 0.1) is 5.75 Å². The molecule has 0 aromatic rings. The summed E-state index contributed by atoms with van der Waals surface area (Å²) >= 11 is 0. The van der Waals surface area contributed by atoms with E-state index >= 15 is 0 Å². The molecule has 2 rings (SSSR count). The fraction of sp³-hybridized carbons (Fsp3) is 1.00. The van der Waals surface area contributed by atoms with E-state index in [9.17, 15) is 8.42 Å². The zero-order valence-electron chi connectivity index (χ0n) is 11.4. The molecule has 6 heteroatoms. The number of nitrogens with zero attached hydrogens (tertiary/aromatic N) is 2. The summed E-state index contributed by atoms with van der Waals surface area (Å²) in [6.45, 7) is 2.99. The zero-order chi connectivity index (χ0) is 13.2. The van der Waals surface area contributed by atoms with E-state index in [0.29, 0.717) is 12.6 Å². The zero-order valence-corrected chi connectivity index (χ0v) is 12.2. The van der Waals surface area contributed by atoms with E-state index in [4.69, 9.17) is 0 Å². The number of piperidine rings is 1. The van der Waals surface area contributed by atoms with Gasteiger partial charge >= 0.3 is 0 Å².